The second-order valence-electron chi connectivity index (χ2n) is 12.2. The first-order valence-electron chi connectivity index (χ1n) is 15.7. The molecule has 264 valence electrons. The van der Waals surface area contributed by atoms with Gasteiger partial charge in [0.15, 0.2) is 5.72 Å². The number of nitrogens with one attached hydrogen (secondary N) is 1. The van der Waals surface area contributed by atoms with Crippen LogP contribution in [0.1, 0.15) is 38.7 Å². The smallest absolute Gasteiger partial charge is 0.409 e. The third-order valence-electron chi connectivity index (χ3n) is 9.05. The molecule has 15 heteroatoms. The van der Waals surface area contributed by atoms with Crippen molar-refractivity contribution >= 4 is 53.8 Å². The first-order chi connectivity index (χ1) is 22.7. The number of alkyl carbamates (subject to hydrolysis) is 1. The number of epoxide rings is 1. The fourth-order valence-corrected chi connectivity index (χ4v) is 6.39. The Bertz CT molecular complexity index is 1440. The van der Waals surface area contributed by atoms with Crippen molar-refractivity contribution in [1.82, 2.24) is 10.2 Å². The maximum Gasteiger partial charge on any atom is 0.409 e. The Balaban J connectivity index is 1.71. The summed E-state index contributed by atoms with van der Waals surface area (Å²) in [5.74, 6) is -1.25. The van der Waals surface area contributed by atoms with Crippen LogP contribution in [0.5, 0.6) is 5.75 Å². The number of amides is 3. The van der Waals surface area contributed by atoms with Crippen LogP contribution in [-0.4, -0.2) is 110 Å². The molecule has 1 aromatic carbocycles. The van der Waals surface area contributed by atoms with Gasteiger partial charge in [-0.15, -0.1) is 0 Å². The Morgan fingerprint density at radius 2 is 1.98 bits per heavy atom. The molecule has 3 aliphatic heterocycles. The number of fused-ring (bicyclic) bond motifs is 5. The Morgan fingerprint density at radius 3 is 2.65 bits per heavy atom. The van der Waals surface area contributed by atoms with Crippen molar-refractivity contribution in [3.8, 4) is 5.75 Å². The minimum absolute atomic E-state index is 0.0373. The zero-order valence-electron chi connectivity index (χ0n) is 27.9. The van der Waals surface area contributed by atoms with Crippen molar-refractivity contribution in [2.75, 3.05) is 39.0 Å². The molecule has 0 aliphatic carbocycles. The normalized spacial score (nSPS) is 31.0. The third-order valence-corrected chi connectivity index (χ3v) is 9.66. The van der Waals surface area contributed by atoms with E-state index < -0.39 is 66.2 Å². The second kappa shape index (κ2) is 15.9. The van der Waals surface area contributed by atoms with Gasteiger partial charge in [-0.05, 0) is 36.8 Å². The predicted molar refractivity (Wildman–Crippen MR) is 180 cm³/mol. The van der Waals surface area contributed by atoms with Crippen LogP contribution in [0.4, 0.5) is 10.5 Å². The molecule has 48 heavy (non-hydrogen) atoms. The summed E-state index contributed by atoms with van der Waals surface area (Å²) in [6.07, 6.45) is 2.22. The summed E-state index contributed by atoms with van der Waals surface area (Å²) in [4.78, 5) is 55.0. The highest BCUT2D eigenvalue weighted by Gasteiger charge is 2.56. The van der Waals surface area contributed by atoms with E-state index in [-0.39, 0.29) is 30.2 Å². The maximum atomic E-state index is 13.8. The van der Waals surface area contributed by atoms with E-state index in [0.717, 1.165) is 5.56 Å². The van der Waals surface area contributed by atoms with Gasteiger partial charge in [-0.1, -0.05) is 42.8 Å². The molecule has 8 unspecified atom stereocenters. The van der Waals surface area contributed by atoms with Crippen LogP contribution >= 0.6 is 24.2 Å². The van der Waals surface area contributed by atoms with Gasteiger partial charge in [0.05, 0.1) is 25.3 Å². The Morgan fingerprint density at radius 1 is 1.25 bits per heavy atom. The van der Waals surface area contributed by atoms with E-state index >= 15 is 0 Å². The van der Waals surface area contributed by atoms with Gasteiger partial charge in [0.25, 0.3) is 0 Å². The van der Waals surface area contributed by atoms with Gasteiger partial charge in [0.1, 0.15) is 41.2 Å². The number of aliphatic hydroxyl groups is 1. The number of likely N-dealkylation sites (N-methyl/N-ethyl adjacent to an activating group) is 1. The number of esters is 1. The second-order valence-corrected chi connectivity index (χ2v) is 13.0. The van der Waals surface area contributed by atoms with Crippen molar-refractivity contribution in [3.63, 3.8) is 0 Å². The largest absolute Gasteiger partial charge is 0.495 e. The summed E-state index contributed by atoms with van der Waals surface area (Å²) in [5.41, 5.74) is -0.619. The van der Waals surface area contributed by atoms with E-state index in [1.165, 1.54) is 38.0 Å². The minimum Gasteiger partial charge on any atom is -0.495 e. The number of methoxy groups -OCH3 is 2. The maximum absolute atomic E-state index is 13.8. The molecule has 13 nitrogen and oxygen atoms in total. The molecule has 8 atom stereocenters. The van der Waals surface area contributed by atoms with Gasteiger partial charge in [-0.25, -0.2) is 9.59 Å². The van der Waals surface area contributed by atoms with E-state index in [0.29, 0.717) is 23.6 Å². The molecule has 2 N–H and O–H groups in total. The Hall–Kier alpha value is -3.30. The summed E-state index contributed by atoms with van der Waals surface area (Å²) in [6, 6.07) is 2.57. The van der Waals surface area contributed by atoms with Gasteiger partial charge in [0, 0.05) is 40.0 Å². The average molecular weight is 710 g/mol. The van der Waals surface area contributed by atoms with E-state index in [1.807, 2.05) is 6.08 Å². The molecule has 2 saturated heterocycles. The number of carbonyl (C=O) groups is 4. The highest BCUT2D eigenvalue weighted by molar-refractivity contribution is 7.80. The molecule has 3 amide bonds. The SMILES string of the molecule is COc1cc2cc(c1Cl)N(C)C(=O)CC(OC(=O)C(C)N(C)C(=O)CCS)C1OC1C(C)C1CC(O)(NC(=O)O1)C(OC)/C=C/C=C/C2. The van der Waals surface area contributed by atoms with Crippen molar-refractivity contribution in [1.29, 1.82) is 0 Å². The number of thiol groups is 1. The number of allylic oxidation sites excluding steroid dienone is 3. The van der Waals surface area contributed by atoms with Crippen LogP contribution in [0.2, 0.25) is 5.02 Å². The lowest BCUT2D eigenvalue weighted by Gasteiger charge is -2.41. The fourth-order valence-electron chi connectivity index (χ4n) is 5.89. The molecular formula is C33H44ClN3O10S. The van der Waals surface area contributed by atoms with Gasteiger partial charge < -0.3 is 38.6 Å². The molecule has 4 bridgehead atoms. The van der Waals surface area contributed by atoms with Gasteiger partial charge in [0.2, 0.25) is 11.8 Å². The number of nitrogens with zero attached hydrogens (tertiary/aromatic N) is 2. The molecular weight excluding hydrogens is 666 g/mol. The van der Waals surface area contributed by atoms with Crippen LogP contribution in [0, 0.1) is 5.92 Å². The predicted octanol–water partition coefficient (Wildman–Crippen LogP) is 3.05. The number of anilines is 1. The molecule has 0 spiro atoms. The quantitative estimate of drug-likeness (QED) is 0.219. The van der Waals surface area contributed by atoms with Crippen molar-refractivity contribution in [2.45, 2.75) is 81.8 Å². The van der Waals surface area contributed by atoms with Crippen molar-refractivity contribution in [2.24, 2.45) is 5.92 Å². The first-order valence-corrected chi connectivity index (χ1v) is 16.7. The molecule has 3 aliphatic rings. The van der Waals surface area contributed by atoms with Crippen LogP contribution in [0.25, 0.3) is 0 Å². The molecule has 0 aromatic heterocycles. The summed E-state index contributed by atoms with van der Waals surface area (Å²) in [6.45, 7) is 3.32. The number of ether oxygens (including phenoxy) is 5. The van der Waals surface area contributed by atoms with Crippen molar-refractivity contribution < 1.29 is 48.0 Å². The number of carbonyl (C=O) groups excluding carboxylic acids is 4. The summed E-state index contributed by atoms with van der Waals surface area (Å²) < 4.78 is 28.5. The topological polar surface area (TPSA) is 156 Å². The number of rotatable bonds is 7. The van der Waals surface area contributed by atoms with Gasteiger partial charge >= 0.3 is 12.1 Å². The lowest BCUT2D eigenvalue weighted by Crippen LogP contribution is -2.63. The van der Waals surface area contributed by atoms with Gasteiger partial charge in [-0.3, -0.25) is 14.9 Å². The van der Waals surface area contributed by atoms with Crippen LogP contribution in [0.3, 0.4) is 0 Å². The molecule has 0 radical (unpaired) electrons. The fraction of sp³-hybridized carbons (Fsp3) is 0.576. The van der Waals surface area contributed by atoms with E-state index in [4.69, 9.17) is 35.3 Å². The monoisotopic (exact) mass is 709 g/mol. The number of halogens is 1. The van der Waals surface area contributed by atoms with E-state index in [2.05, 4.69) is 17.9 Å². The number of hydrogen-bond acceptors (Lipinski definition) is 11. The molecule has 1 aromatic rings. The van der Waals surface area contributed by atoms with Crippen LogP contribution in [-0.2, 0) is 39.8 Å². The van der Waals surface area contributed by atoms with Crippen molar-refractivity contribution in [3.05, 3.63) is 47.0 Å². The minimum atomic E-state index is -1.80. The zero-order valence-corrected chi connectivity index (χ0v) is 29.5. The standard InChI is InChI=1S/C33H44ClN3O10S/c1-18-24-17-33(42,35-32(41)46-24)25(44-6)11-9-7-8-10-20-14-21(28(34)22(15-20)43-5)37(4)27(39)16-23(30-29(18)47-30)45-31(40)19(2)36(3)26(38)12-13-48/h7-9,11,14-15,18-19,23-25,29-30,42,48H,10,12-13,16-17H2,1-6H3,(H,35,41)/b8-7+,11-9+. The highest BCUT2D eigenvalue weighted by Crippen LogP contribution is 2.41. The highest BCUT2D eigenvalue weighted by atomic mass is 35.5. The average Bonchev–Trinajstić information content (AvgIpc) is 3.85. The zero-order chi connectivity index (χ0) is 35.3. The Labute approximate surface area is 290 Å². The molecule has 0 saturated carbocycles. The van der Waals surface area contributed by atoms with Crippen LogP contribution in [0.15, 0.2) is 36.4 Å². The Kier molecular flexibility index (Phi) is 12.5. The first kappa shape index (κ1) is 37.5. The van der Waals surface area contributed by atoms with Gasteiger partial charge in [-0.2, -0.15) is 12.6 Å². The third kappa shape index (κ3) is 8.46. The summed E-state index contributed by atoms with van der Waals surface area (Å²) in [7, 11) is 5.96. The molecule has 4 rings (SSSR count). The van der Waals surface area contributed by atoms with Crippen LogP contribution < -0.4 is 15.0 Å². The van der Waals surface area contributed by atoms with E-state index in [1.54, 1.807) is 44.3 Å². The lowest BCUT2D eigenvalue weighted by atomic mass is 9.87. The number of benzene rings is 1. The lowest BCUT2D eigenvalue weighted by molar-refractivity contribution is -0.159. The summed E-state index contributed by atoms with van der Waals surface area (Å²) >= 11 is 10.8. The molecule has 3 heterocycles. The van der Waals surface area contributed by atoms with E-state index in [9.17, 15) is 24.3 Å². The number of hydrogen-bond donors (Lipinski definition) is 3. The molecule has 2 fully saturated rings. The summed E-state index contributed by atoms with van der Waals surface area (Å²) in [5, 5.41) is 14.3.